The molecule has 0 radical (unpaired) electrons. The zero-order chi connectivity index (χ0) is 10.7. The van der Waals surface area contributed by atoms with Gasteiger partial charge in [0.05, 0.1) is 7.11 Å². The summed E-state index contributed by atoms with van der Waals surface area (Å²) in [7, 11) is 1.55. The van der Waals surface area contributed by atoms with E-state index in [1.54, 1.807) is 13.2 Å². The molecule has 1 atom stereocenters. The average molecular weight is 209 g/mol. The lowest BCUT2D eigenvalue weighted by Gasteiger charge is -2.10. The quantitative estimate of drug-likeness (QED) is 0.753. The maximum Gasteiger partial charge on any atom is 0.266 e. The van der Waals surface area contributed by atoms with E-state index in [2.05, 4.69) is 10.4 Å². The Morgan fingerprint density at radius 3 is 3.20 bits per heavy atom. The number of aromatic nitrogens is 2. The predicted octanol–water partition coefficient (Wildman–Crippen LogP) is -0.139. The van der Waals surface area contributed by atoms with Crippen molar-refractivity contribution in [2.75, 3.05) is 20.2 Å². The van der Waals surface area contributed by atoms with Crippen molar-refractivity contribution in [3.63, 3.8) is 0 Å². The first-order chi connectivity index (χ1) is 7.29. The first kappa shape index (κ1) is 10.2. The maximum atomic E-state index is 11.5. The Morgan fingerprint density at radius 2 is 2.53 bits per heavy atom. The van der Waals surface area contributed by atoms with Crippen molar-refractivity contribution >= 4 is 0 Å². The Labute approximate surface area is 88.1 Å². The Morgan fingerprint density at radius 1 is 1.67 bits per heavy atom. The summed E-state index contributed by atoms with van der Waals surface area (Å²) in [5, 5.41) is 7.37. The third-order valence-corrected chi connectivity index (χ3v) is 2.64. The Kier molecular flexibility index (Phi) is 3.01. The van der Waals surface area contributed by atoms with Gasteiger partial charge >= 0.3 is 0 Å². The SMILES string of the molecule is COc1ccc(=O)n(CC2CCNC2)n1. The molecule has 1 aliphatic rings. The summed E-state index contributed by atoms with van der Waals surface area (Å²) in [6.07, 6.45) is 1.10. The second-order valence-electron chi connectivity index (χ2n) is 3.75. The van der Waals surface area contributed by atoms with Crippen molar-refractivity contribution in [2.24, 2.45) is 5.92 Å². The van der Waals surface area contributed by atoms with Gasteiger partial charge < -0.3 is 10.1 Å². The standard InChI is InChI=1S/C10H15N3O2/c1-15-9-2-3-10(14)13(12-9)7-8-4-5-11-6-8/h2-3,8,11H,4-7H2,1H3. The van der Waals surface area contributed by atoms with Crippen molar-refractivity contribution < 1.29 is 4.74 Å². The fourth-order valence-corrected chi connectivity index (χ4v) is 1.78. The molecule has 1 saturated heterocycles. The highest BCUT2D eigenvalue weighted by Crippen LogP contribution is 2.09. The Balaban J connectivity index is 2.15. The molecule has 0 amide bonds. The fourth-order valence-electron chi connectivity index (χ4n) is 1.78. The van der Waals surface area contributed by atoms with Crippen molar-refractivity contribution in [1.29, 1.82) is 0 Å². The second kappa shape index (κ2) is 4.44. The number of methoxy groups -OCH3 is 1. The van der Waals surface area contributed by atoms with Gasteiger partial charge in [0.25, 0.3) is 5.56 Å². The topological polar surface area (TPSA) is 56.1 Å². The van der Waals surface area contributed by atoms with E-state index in [1.165, 1.54) is 10.7 Å². The van der Waals surface area contributed by atoms with E-state index in [0.717, 1.165) is 19.5 Å². The van der Waals surface area contributed by atoms with Crippen LogP contribution in [0, 0.1) is 5.92 Å². The van der Waals surface area contributed by atoms with Gasteiger partial charge in [0.1, 0.15) is 0 Å². The molecule has 1 N–H and O–H groups in total. The van der Waals surface area contributed by atoms with Crippen molar-refractivity contribution in [3.05, 3.63) is 22.5 Å². The monoisotopic (exact) mass is 209 g/mol. The number of nitrogens with zero attached hydrogens (tertiary/aromatic N) is 2. The third-order valence-electron chi connectivity index (χ3n) is 2.64. The number of hydrogen-bond donors (Lipinski definition) is 1. The van der Waals surface area contributed by atoms with Gasteiger partial charge in [-0.3, -0.25) is 4.79 Å². The minimum atomic E-state index is -0.0669. The lowest BCUT2D eigenvalue weighted by atomic mass is 10.1. The Hall–Kier alpha value is -1.36. The summed E-state index contributed by atoms with van der Waals surface area (Å²) in [5.41, 5.74) is -0.0669. The molecule has 2 heterocycles. The normalized spacial score (nSPS) is 20.5. The second-order valence-corrected chi connectivity index (χ2v) is 3.75. The van der Waals surface area contributed by atoms with E-state index in [0.29, 0.717) is 18.3 Å². The summed E-state index contributed by atoms with van der Waals surface area (Å²) in [6, 6.07) is 3.08. The third kappa shape index (κ3) is 2.36. The van der Waals surface area contributed by atoms with E-state index < -0.39 is 0 Å². The molecule has 0 spiro atoms. The van der Waals surface area contributed by atoms with Gasteiger partial charge in [0, 0.05) is 18.7 Å². The van der Waals surface area contributed by atoms with E-state index in [9.17, 15) is 4.79 Å². The molecule has 15 heavy (non-hydrogen) atoms. The van der Waals surface area contributed by atoms with Gasteiger partial charge in [-0.05, 0) is 25.4 Å². The molecule has 1 aromatic heterocycles. The van der Waals surface area contributed by atoms with Crippen LogP contribution in [0.15, 0.2) is 16.9 Å². The average Bonchev–Trinajstić information content (AvgIpc) is 2.74. The van der Waals surface area contributed by atoms with E-state index in [-0.39, 0.29) is 5.56 Å². The number of nitrogens with one attached hydrogen (secondary N) is 1. The first-order valence-electron chi connectivity index (χ1n) is 5.12. The summed E-state index contributed by atoms with van der Waals surface area (Å²) >= 11 is 0. The minimum absolute atomic E-state index is 0.0669. The molecule has 1 unspecified atom stereocenters. The van der Waals surface area contributed by atoms with Crippen LogP contribution in [0.25, 0.3) is 0 Å². The molecule has 2 rings (SSSR count). The summed E-state index contributed by atoms with van der Waals surface area (Å²) in [6.45, 7) is 2.66. The highest BCUT2D eigenvalue weighted by molar-refractivity contribution is 5.06. The Bertz CT molecular complexity index is 382. The van der Waals surface area contributed by atoms with Crippen molar-refractivity contribution in [1.82, 2.24) is 15.1 Å². The number of ether oxygens (including phenoxy) is 1. The van der Waals surface area contributed by atoms with Crippen LogP contribution >= 0.6 is 0 Å². The largest absolute Gasteiger partial charge is 0.480 e. The van der Waals surface area contributed by atoms with Crippen LogP contribution in [0.4, 0.5) is 0 Å². The highest BCUT2D eigenvalue weighted by atomic mass is 16.5. The molecule has 0 bridgehead atoms. The van der Waals surface area contributed by atoms with Crippen LogP contribution in [0.3, 0.4) is 0 Å². The first-order valence-corrected chi connectivity index (χ1v) is 5.12. The van der Waals surface area contributed by atoms with Gasteiger partial charge in [0.2, 0.25) is 5.88 Å². The van der Waals surface area contributed by atoms with E-state index in [4.69, 9.17) is 4.74 Å². The van der Waals surface area contributed by atoms with Crippen LogP contribution in [-0.4, -0.2) is 30.0 Å². The zero-order valence-corrected chi connectivity index (χ0v) is 8.77. The minimum Gasteiger partial charge on any atom is -0.480 e. The summed E-state index contributed by atoms with van der Waals surface area (Å²) < 4.78 is 6.47. The van der Waals surface area contributed by atoms with E-state index in [1.807, 2.05) is 0 Å². The molecule has 1 aliphatic heterocycles. The molecule has 82 valence electrons. The van der Waals surface area contributed by atoms with Crippen LogP contribution < -0.4 is 15.6 Å². The molecule has 1 fully saturated rings. The molecule has 1 aromatic rings. The fraction of sp³-hybridized carbons (Fsp3) is 0.600. The molecule has 5 heteroatoms. The smallest absolute Gasteiger partial charge is 0.266 e. The lowest BCUT2D eigenvalue weighted by Crippen LogP contribution is -2.26. The number of hydrogen-bond acceptors (Lipinski definition) is 4. The summed E-state index contributed by atoms with van der Waals surface area (Å²) in [4.78, 5) is 11.5. The highest BCUT2D eigenvalue weighted by Gasteiger charge is 2.16. The zero-order valence-electron chi connectivity index (χ0n) is 8.77. The van der Waals surface area contributed by atoms with Gasteiger partial charge in [0.15, 0.2) is 0 Å². The van der Waals surface area contributed by atoms with Gasteiger partial charge in [-0.1, -0.05) is 0 Å². The lowest BCUT2D eigenvalue weighted by molar-refractivity contribution is 0.359. The molecule has 0 aromatic carbocycles. The molecule has 0 aliphatic carbocycles. The van der Waals surface area contributed by atoms with Crippen LogP contribution in [0.5, 0.6) is 5.88 Å². The van der Waals surface area contributed by atoms with E-state index >= 15 is 0 Å². The molecule has 0 saturated carbocycles. The van der Waals surface area contributed by atoms with Crippen molar-refractivity contribution in [3.8, 4) is 5.88 Å². The maximum absolute atomic E-state index is 11.5. The number of rotatable bonds is 3. The molecular weight excluding hydrogens is 194 g/mol. The van der Waals surface area contributed by atoms with Gasteiger partial charge in [-0.15, -0.1) is 5.10 Å². The molecular formula is C10H15N3O2. The van der Waals surface area contributed by atoms with Crippen LogP contribution in [0.1, 0.15) is 6.42 Å². The summed E-state index contributed by atoms with van der Waals surface area (Å²) in [5.74, 6) is 0.989. The predicted molar refractivity (Wildman–Crippen MR) is 56.0 cm³/mol. The van der Waals surface area contributed by atoms with Gasteiger partial charge in [-0.25, -0.2) is 4.68 Å². The molecule has 5 nitrogen and oxygen atoms in total. The van der Waals surface area contributed by atoms with Crippen molar-refractivity contribution in [2.45, 2.75) is 13.0 Å². The van der Waals surface area contributed by atoms with Gasteiger partial charge in [-0.2, -0.15) is 0 Å². The van der Waals surface area contributed by atoms with Crippen LogP contribution in [0.2, 0.25) is 0 Å². The van der Waals surface area contributed by atoms with Crippen LogP contribution in [-0.2, 0) is 6.54 Å².